The third-order valence-electron chi connectivity index (χ3n) is 3.91. The quantitative estimate of drug-likeness (QED) is 0.433. The molecule has 6 heteroatoms. The van der Waals surface area contributed by atoms with E-state index in [1.165, 1.54) is 18.2 Å². The van der Waals surface area contributed by atoms with E-state index in [0.29, 0.717) is 9.81 Å². The Morgan fingerprint density at radius 1 is 0.500 bits per heavy atom. The van der Waals surface area contributed by atoms with Crippen molar-refractivity contribution >= 4 is 43.2 Å². The number of benzene rings is 3. The number of hydrogen-bond acceptors (Lipinski definition) is 3. The fourth-order valence-corrected chi connectivity index (χ4v) is 22.9. The van der Waals surface area contributed by atoms with Crippen LogP contribution in [0.5, 0.6) is 17.2 Å². The van der Waals surface area contributed by atoms with Crippen molar-refractivity contribution in [2.75, 3.05) is 0 Å². The maximum atomic E-state index is 10.4. The number of para-hydroxylation sites is 3. The third-order valence-corrected chi connectivity index (χ3v) is 27.8. The van der Waals surface area contributed by atoms with E-state index in [-0.39, 0.29) is 17.2 Å². The number of halogens is 2. The number of rotatable bonds is 3. The minimum atomic E-state index is -5.52. The number of phenolic OH excluding ortho intramolecular Hbond substituents is 3. The van der Waals surface area contributed by atoms with Gasteiger partial charge in [-0.1, -0.05) is 0 Å². The first-order chi connectivity index (χ1) is 11.4. The van der Waals surface area contributed by atoms with E-state index in [0.717, 1.165) is 0 Å². The molecule has 24 heavy (non-hydrogen) atoms. The molecule has 0 fully saturated rings. The van der Waals surface area contributed by atoms with Gasteiger partial charge in [0.2, 0.25) is 0 Å². The summed E-state index contributed by atoms with van der Waals surface area (Å²) in [5.41, 5.74) is 0. The molecule has 0 bridgehead atoms. The van der Waals surface area contributed by atoms with E-state index < -0.39 is 16.4 Å². The van der Waals surface area contributed by atoms with Crippen LogP contribution in [0.15, 0.2) is 72.8 Å². The summed E-state index contributed by atoms with van der Waals surface area (Å²) in [5.74, 6) is -0.204. The molecule has 0 aliphatic heterocycles. The summed E-state index contributed by atoms with van der Waals surface area (Å²) in [6, 6.07) is 19.5. The molecule has 0 amide bonds. The van der Waals surface area contributed by atoms with Crippen LogP contribution in [-0.4, -0.2) is 31.7 Å². The van der Waals surface area contributed by atoms with Crippen molar-refractivity contribution < 1.29 is 15.3 Å². The Morgan fingerprint density at radius 3 is 1.00 bits per heavy atom. The Bertz CT molecular complexity index is 794. The van der Waals surface area contributed by atoms with Crippen LogP contribution >= 0.6 is 17.0 Å². The zero-order valence-corrected chi connectivity index (χ0v) is 17.5. The van der Waals surface area contributed by atoms with Gasteiger partial charge in [0.05, 0.1) is 0 Å². The molecule has 124 valence electrons. The molecular weight excluding hydrogens is 544 g/mol. The molecule has 0 unspecified atom stereocenters. The van der Waals surface area contributed by atoms with Gasteiger partial charge in [-0.3, -0.25) is 0 Å². The number of hydrogen-bond donors (Lipinski definition) is 3. The third kappa shape index (κ3) is 2.54. The van der Waals surface area contributed by atoms with Crippen molar-refractivity contribution in [3.8, 4) is 17.2 Å². The monoisotopic (exact) mass is 558 g/mol. The van der Waals surface area contributed by atoms with Gasteiger partial charge in [-0.15, -0.1) is 0 Å². The van der Waals surface area contributed by atoms with Gasteiger partial charge in [-0.05, 0) is 0 Å². The molecule has 0 atom stereocenters. The van der Waals surface area contributed by atoms with Crippen molar-refractivity contribution in [1.29, 1.82) is 0 Å². The van der Waals surface area contributed by atoms with Gasteiger partial charge in [-0.25, -0.2) is 0 Å². The van der Waals surface area contributed by atoms with Crippen molar-refractivity contribution in [2.45, 2.75) is 0 Å². The molecule has 3 aromatic rings. The average molecular weight is 559 g/mol. The second-order valence-corrected chi connectivity index (χ2v) is 31.4. The van der Waals surface area contributed by atoms with Crippen LogP contribution in [0.3, 0.4) is 0 Å². The topological polar surface area (TPSA) is 60.7 Å². The summed E-state index contributed by atoms with van der Waals surface area (Å²) in [6.07, 6.45) is 0. The van der Waals surface area contributed by atoms with Gasteiger partial charge in [0.15, 0.2) is 0 Å². The van der Waals surface area contributed by atoms with Crippen molar-refractivity contribution in [2.24, 2.45) is 0 Å². The second kappa shape index (κ2) is 6.11. The molecule has 3 nitrogen and oxygen atoms in total. The first-order valence-electron chi connectivity index (χ1n) is 7.16. The first-order valence-corrected chi connectivity index (χ1v) is 20.9. The van der Waals surface area contributed by atoms with Crippen LogP contribution in [0.25, 0.3) is 0 Å². The Labute approximate surface area is 148 Å². The van der Waals surface area contributed by atoms with Crippen LogP contribution in [0.1, 0.15) is 0 Å². The van der Waals surface area contributed by atoms with Crippen LogP contribution in [0, 0.1) is 0 Å². The molecular formula is C18H15BiCl2O3. The predicted molar refractivity (Wildman–Crippen MR) is 101 cm³/mol. The van der Waals surface area contributed by atoms with Gasteiger partial charge < -0.3 is 0 Å². The molecule has 0 heterocycles. The van der Waals surface area contributed by atoms with Gasteiger partial charge in [-0.2, -0.15) is 0 Å². The molecule has 3 rings (SSSR count). The maximum absolute atomic E-state index is 10.4. The first kappa shape index (κ1) is 17.3. The summed E-state index contributed by atoms with van der Waals surface area (Å²) in [5, 5.41) is 31.3. The second-order valence-electron chi connectivity index (χ2n) is 5.37. The van der Waals surface area contributed by atoms with Gasteiger partial charge in [0, 0.05) is 0 Å². The molecule has 3 aromatic carbocycles. The fraction of sp³-hybridized carbons (Fsp3) is 0. The van der Waals surface area contributed by atoms with Crippen molar-refractivity contribution in [3.63, 3.8) is 0 Å². The van der Waals surface area contributed by atoms with Gasteiger partial charge >= 0.3 is 149 Å². The van der Waals surface area contributed by atoms with E-state index in [4.69, 9.17) is 17.0 Å². The summed E-state index contributed by atoms with van der Waals surface area (Å²) in [4.78, 5) is 0. The molecule has 0 aromatic heterocycles. The van der Waals surface area contributed by atoms with Crippen LogP contribution < -0.4 is 9.81 Å². The van der Waals surface area contributed by atoms with Crippen LogP contribution in [0.4, 0.5) is 0 Å². The average Bonchev–Trinajstić information content (AvgIpc) is 2.56. The van der Waals surface area contributed by atoms with Gasteiger partial charge in [0.1, 0.15) is 0 Å². The molecule has 0 spiro atoms. The Balaban J connectivity index is 2.50. The standard InChI is InChI=1S/3C6H5O.Bi.2ClH/c3*7-6-4-2-1-3-5-6;;;/h3*1-4,7H;;2*1H/q;;;+2;;/p-2. The summed E-state index contributed by atoms with van der Waals surface area (Å²) in [6.45, 7) is 0. The van der Waals surface area contributed by atoms with Crippen LogP contribution in [0.2, 0.25) is 0 Å². The number of aromatic hydroxyl groups is 3. The van der Waals surface area contributed by atoms with E-state index in [9.17, 15) is 15.3 Å². The Morgan fingerprint density at radius 2 is 0.750 bits per heavy atom. The summed E-state index contributed by atoms with van der Waals surface area (Å²) < 4.78 is 1.03. The molecule has 0 saturated heterocycles. The molecule has 0 aliphatic carbocycles. The fourth-order valence-electron chi connectivity index (χ4n) is 2.78. The van der Waals surface area contributed by atoms with Gasteiger partial charge in [0.25, 0.3) is 0 Å². The zero-order valence-electron chi connectivity index (χ0n) is 12.5. The van der Waals surface area contributed by atoms with E-state index in [1.807, 2.05) is 0 Å². The Hall–Kier alpha value is -1.48. The van der Waals surface area contributed by atoms with Crippen molar-refractivity contribution in [3.05, 3.63) is 72.8 Å². The molecule has 0 saturated carbocycles. The normalized spacial score (nSPS) is 13.2. The van der Waals surface area contributed by atoms with E-state index in [2.05, 4.69) is 0 Å². The number of phenols is 3. The molecule has 0 radical (unpaired) electrons. The SMILES string of the molecule is Oc1cccc[c]1[Bi]([Cl])([Cl])([c]1ccccc1O)[c]1ccccc1O. The Kier molecular flexibility index (Phi) is 4.42. The summed E-state index contributed by atoms with van der Waals surface area (Å²) in [7, 11) is 14.4. The summed E-state index contributed by atoms with van der Waals surface area (Å²) >= 11 is -5.52. The van der Waals surface area contributed by atoms with Crippen molar-refractivity contribution in [1.82, 2.24) is 0 Å². The minimum absolute atomic E-state index is 0.0679. The molecule has 0 aliphatic rings. The zero-order chi connectivity index (χ0) is 17.4. The molecule has 3 N–H and O–H groups in total. The predicted octanol–water partition coefficient (Wildman–Crippen LogP) is 2.70. The van der Waals surface area contributed by atoms with E-state index >= 15 is 0 Å². The van der Waals surface area contributed by atoms with Crippen LogP contribution in [-0.2, 0) is 0 Å². The van der Waals surface area contributed by atoms with E-state index in [1.54, 1.807) is 54.6 Å².